The first-order valence-electron chi connectivity index (χ1n) is 8.32. The second-order valence-electron chi connectivity index (χ2n) is 6.04. The third-order valence-electron chi connectivity index (χ3n) is 4.16. The highest BCUT2D eigenvalue weighted by molar-refractivity contribution is 6.33. The minimum absolute atomic E-state index is 0.0145. The number of halogens is 2. The number of hydrogen-bond donors (Lipinski definition) is 1. The van der Waals surface area contributed by atoms with E-state index in [9.17, 15) is 10.1 Å². The van der Waals surface area contributed by atoms with Crippen molar-refractivity contribution < 1.29 is 9.47 Å². The van der Waals surface area contributed by atoms with Crippen molar-refractivity contribution in [1.29, 1.82) is 5.26 Å². The van der Waals surface area contributed by atoms with E-state index in [-0.39, 0.29) is 12.2 Å². The van der Waals surface area contributed by atoms with Crippen molar-refractivity contribution in [2.45, 2.75) is 13.5 Å². The maximum Gasteiger partial charge on any atom is 0.266 e. The molecule has 1 heterocycles. The quantitative estimate of drug-likeness (QED) is 0.628. The van der Waals surface area contributed by atoms with Crippen molar-refractivity contribution in [2.75, 3.05) is 7.11 Å². The van der Waals surface area contributed by atoms with Gasteiger partial charge in [-0.1, -0.05) is 41.4 Å². The summed E-state index contributed by atoms with van der Waals surface area (Å²) in [4.78, 5) is 14.7. The third kappa shape index (κ3) is 3.99. The van der Waals surface area contributed by atoms with Gasteiger partial charge in [0.05, 0.1) is 12.1 Å². The fourth-order valence-electron chi connectivity index (χ4n) is 2.80. The number of nitrogens with zero attached hydrogens (tertiary/aromatic N) is 1. The lowest BCUT2D eigenvalue weighted by Gasteiger charge is -2.15. The summed E-state index contributed by atoms with van der Waals surface area (Å²) in [6.45, 7) is 1.97. The SMILES string of the molecule is COc1cc(-c2cc(C)[nH]c(=O)c2C#N)c(Cl)cc1OCc1ccccc1Cl. The van der Waals surface area contributed by atoms with Crippen LogP contribution in [0, 0.1) is 18.3 Å². The maximum atomic E-state index is 12.1. The summed E-state index contributed by atoms with van der Waals surface area (Å²) in [6, 6.07) is 14.2. The van der Waals surface area contributed by atoms with E-state index in [2.05, 4.69) is 4.98 Å². The van der Waals surface area contributed by atoms with E-state index in [0.29, 0.717) is 38.4 Å². The summed E-state index contributed by atoms with van der Waals surface area (Å²) in [5, 5.41) is 10.3. The molecule has 3 aromatic rings. The number of H-pyrrole nitrogens is 1. The number of aryl methyl sites for hydroxylation is 1. The maximum absolute atomic E-state index is 12.1. The average molecular weight is 415 g/mol. The van der Waals surface area contributed by atoms with Crippen LogP contribution in [-0.4, -0.2) is 12.1 Å². The first-order valence-corrected chi connectivity index (χ1v) is 9.08. The second kappa shape index (κ2) is 8.39. The number of pyridine rings is 1. The van der Waals surface area contributed by atoms with Gasteiger partial charge >= 0.3 is 0 Å². The molecule has 0 bridgehead atoms. The zero-order valence-corrected chi connectivity index (χ0v) is 16.7. The first kappa shape index (κ1) is 19.8. The Bertz CT molecular complexity index is 1130. The number of ether oxygens (including phenoxy) is 2. The molecule has 142 valence electrons. The van der Waals surface area contributed by atoms with Gasteiger partial charge in [-0.05, 0) is 25.1 Å². The van der Waals surface area contributed by atoms with Crippen molar-refractivity contribution in [3.8, 4) is 28.7 Å². The summed E-state index contributed by atoms with van der Waals surface area (Å²) in [6.07, 6.45) is 0. The van der Waals surface area contributed by atoms with Crippen molar-refractivity contribution >= 4 is 23.2 Å². The van der Waals surface area contributed by atoms with Gasteiger partial charge in [-0.3, -0.25) is 4.79 Å². The molecule has 0 saturated heterocycles. The highest BCUT2D eigenvalue weighted by Crippen LogP contribution is 2.39. The number of rotatable bonds is 5. The van der Waals surface area contributed by atoms with E-state index < -0.39 is 5.56 Å². The molecule has 1 aromatic heterocycles. The molecule has 0 spiro atoms. The number of aromatic amines is 1. The first-order chi connectivity index (χ1) is 13.4. The highest BCUT2D eigenvalue weighted by atomic mass is 35.5. The van der Waals surface area contributed by atoms with E-state index >= 15 is 0 Å². The van der Waals surface area contributed by atoms with Gasteiger partial charge in [-0.25, -0.2) is 0 Å². The molecule has 0 aliphatic carbocycles. The zero-order valence-electron chi connectivity index (χ0n) is 15.2. The normalized spacial score (nSPS) is 10.4. The van der Waals surface area contributed by atoms with Crippen LogP contribution >= 0.6 is 23.2 Å². The molecular formula is C21H16Cl2N2O3. The Kier molecular flexibility index (Phi) is 5.93. The molecule has 0 atom stereocenters. The lowest BCUT2D eigenvalue weighted by Crippen LogP contribution is -2.12. The van der Waals surface area contributed by atoms with Crippen LogP contribution in [0.3, 0.4) is 0 Å². The summed E-state index contributed by atoms with van der Waals surface area (Å²) in [5.74, 6) is 0.851. The fourth-order valence-corrected chi connectivity index (χ4v) is 3.24. The molecule has 2 aromatic carbocycles. The molecule has 0 saturated carbocycles. The molecule has 3 rings (SSSR count). The van der Waals surface area contributed by atoms with Crippen molar-refractivity contribution in [3.05, 3.63) is 79.7 Å². The summed E-state index contributed by atoms with van der Waals surface area (Å²) >= 11 is 12.6. The molecule has 5 nitrogen and oxygen atoms in total. The highest BCUT2D eigenvalue weighted by Gasteiger charge is 2.17. The Hall–Kier alpha value is -2.94. The molecule has 0 amide bonds. The van der Waals surface area contributed by atoms with E-state index in [1.807, 2.05) is 24.3 Å². The van der Waals surface area contributed by atoms with Crippen LogP contribution in [0.5, 0.6) is 11.5 Å². The molecule has 0 fully saturated rings. The average Bonchev–Trinajstić information content (AvgIpc) is 2.67. The lowest BCUT2D eigenvalue weighted by atomic mass is 10.0. The van der Waals surface area contributed by atoms with Crippen LogP contribution in [0.1, 0.15) is 16.8 Å². The Morgan fingerprint density at radius 1 is 1.07 bits per heavy atom. The monoisotopic (exact) mass is 414 g/mol. The van der Waals surface area contributed by atoms with E-state index in [0.717, 1.165) is 5.56 Å². The van der Waals surface area contributed by atoms with Gasteiger partial charge < -0.3 is 14.5 Å². The zero-order chi connectivity index (χ0) is 20.3. The molecular weight excluding hydrogens is 399 g/mol. The van der Waals surface area contributed by atoms with Gasteiger partial charge in [-0.2, -0.15) is 5.26 Å². The van der Waals surface area contributed by atoms with Crippen molar-refractivity contribution in [3.63, 3.8) is 0 Å². The molecule has 0 unspecified atom stereocenters. The van der Waals surface area contributed by atoms with E-state index in [1.54, 1.807) is 31.2 Å². The number of methoxy groups -OCH3 is 1. The van der Waals surface area contributed by atoms with Gasteiger partial charge in [0.1, 0.15) is 18.2 Å². The van der Waals surface area contributed by atoms with Crippen LogP contribution < -0.4 is 15.0 Å². The Morgan fingerprint density at radius 2 is 1.82 bits per heavy atom. The molecule has 0 radical (unpaired) electrons. The number of hydrogen-bond acceptors (Lipinski definition) is 4. The van der Waals surface area contributed by atoms with Gasteiger partial charge in [0.25, 0.3) is 5.56 Å². The predicted molar refractivity (Wildman–Crippen MR) is 109 cm³/mol. The number of nitriles is 1. The van der Waals surface area contributed by atoms with Crippen LogP contribution in [0.25, 0.3) is 11.1 Å². The Labute approximate surface area is 172 Å². The smallest absolute Gasteiger partial charge is 0.266 e. The topological polar surface area (TPSA) is 75.1 Å². The minimum Gasteiger partial charge on any atom is -0.493 e. The molecule has 0 aliphatic rings. The van der Waals surface area contributed by atoms with Crippen molar-refractivity contribution in [1.82, 2.24) is 4.98 Å². The second-order valence-corrected chi connectivity index (χ2v) is 6.86. The third-order valence-corrected chi connectivity index (χ3v) is 4.85. The van der Waals surface area contributed by atoms with Gasteiger partial charge in [-0.15, -0.1) is 0 Å². The lowest BCUT2D eigenvalue weighted by molar-refractivity contribution is 0.284. The minimum atomic E-state index is -0.466. The number of benzene rings is 2. The summed E-state index contributed by atoms with van der Waals surface area (Å²) < 4.78 is 11.3. The molecule has 0 aliphatic heterocycles. The Morgan fingerprint density at radius 3 is 2.50 bits per heavy atom. The largest absolute Gasteiger partial charge is 0.493 e. The van der Waals surface area contributed by atoms with Crippen LogP contribution in [0.15, 0.2) is 47.3 Å². The summed E-state index contributed by atoms with van der Waals surface area (Å²) in [7, 11) is 1.50. The fraction of sp³-hybridized carbons (Fsp3) is 0.143. The van der Waals surface area contributed by atoms with Crippen LogP contribution in [0.2, 0.25) is 10.0 Å². The van der Waals surface area contributed by atoms with Gasteiger partial charge in [0, 0.05) is 33.5 Å². The van der Waals surface area contributed by atoms with Crippen LogP contribution in [0.4, 0.5) is 0 Å². The molecule has 7 heteroatoms. The molecule has 1 N–H and O–H groups in total. The summed E-state index contributed by atoms with van der Waals surface area (Å²) in [5.41, 5.74) is 1.90. The van der Waals surface area contributed by atoms with E-state index in [1.165, 1.54) is 7.11 Å². The van der Waals surface area contributed by atoms with Crippen LogP contribution in [-0.2, 0) is 6.61 Å². The van der Waals surface area contributed by atoms with Gasteiger partial charge in [0.2, 0.25) is 0 Å². The number of nitrogens with one attached hydrogen (secondary N) is 1. The van der Waals surface area contributed by atoms with Gasteiger partial charge in [0.15, 0.2) is 11.5 Å². The number of aromatic nitrogens is 1. The van der Waals surface area contributed by atoms with Crippen molar-refractivity contribution in [2.24, 2.45) is 0 Å². The predicted octanol–water partition coefficient (Wildman–Crippen LogP) is 5.12. The van der Waals surface area contributed by atoms with E-state index in [4.69, 9.17) is 32.7 Å². The standard InChI is InChI=1S/C21H16Cl2N2O3/c1-12-7-14(16(10-24)21(26)25-12)15-8-19(27-2)20(9-18(15)23)28-11-13-5-3-4-6-17(13)22/h3-9H,11H2,1-2H3,(H,25,26). The molecule has 28 heavy (non-hydrogen) atoms. The Balaban J connectivity index is 2.03.